The molecular formula is C18H18FN3S. The zero-order valence-electron chi connectivity index (χ0n) is 12.9. The minimum Gasteiger partial charge on any atom is -0.268 e. The topological polar surface area (TPSA) is 33.6 Å². The maximum atomic E-state index is 14.1. The number of benzene rings is 2. The van der Waals surface area contributed by atoms with Gasteiger partial charge in [-0.15, -0.1) is 0 Å². The number of halogens is 1. The van der Waals surface area contributed by atoms with Gasteiger partial charge in [-0.2, -0.15) is 5.10 Å². The van der Waals surface area contributed by atoms with Crippen molar-refractivity contribution < 1.29 is 4.39 Å². The van der Waals surface area contributed by atoms with E-state index in [1.165, 1.54) is 24.5 Å². The Hall–Kier alpha value is -2.27. The number of unbranched alkanes of at least 4 members (excludes halogenated alkanes) is 1. The third kappa shape index (κ3) is 3.24. The fraction of sp³-hybridized carbons (Fsp3) is 0.222. The molecule has 0 aliphatic carbocycles. The minimum atomic E-state index is -0.317. The first kappa shape index (κ1) is 15.6. The molecule has 0 aliphatic rings. The second kappa shape index (κ2) is 6.87. The third-order valence-corrected chi connectivity index (χ3v) is 4.07. The van der Waals surface area contributed by atoms with Crippen molar-refractivity contribution in [3.8, 4) is 17.1 Å². The van der Waals surface area contributed by atoms with Crippen molar-refractivity contribution in [1.82, 2.24) is 14.8 Å². The van der Waals surface area contributed by atoms with Gasteiger partial charge in [-0.3, -0.25) is 9.67 Å². The largest absolute Gasteiger partial charge is 0.268 e. The first-order valence-corrected chi connectivity index (χ1v) is 8.13. The Morgan fingerprint density at radius 1 is 1.13 bits per heavy atom. The normalized spacial score (nSPS) is 10.9. The van der Waals surface area contributed by atoms with Crippen LogP contribution in [0.1, 0.15) is 25.3 Å². The number of H-pyrrole nitrogens is 1. The Kier molecular flexibility index (Phi) is 4.67. The maximum absolute atomic E-state index is 14.1. The molecule has 118 valence electrons. The highest BCUT2D eigenvalue weighted by molar-refractivity contribution is 7.71. The van der Waals surface area contributed by atoms with Gasteiger partial charge >= 0.3 is 0 Å². The van der Waals surface area contributed by atoms with Crippen LogP contribution in [0.15, 0.2) is 48.5 Å². The van der Waals surface area contributed by atoms with Crippen molar-refractivity contribution in [3.05, 3.63) is 64.7 Å². The van der Waals surface area contributed by atoms with Crippen LogP contribution in [0.5, 0.6) is 0 Å². The Bertz CT molecular complexity index is 849. The Labute approximate surface area is 139 Å². The molecule has 0 aliphatic heterocycles. The number of hydrogen-bond acceptors (Lipinski definition) is 2. The molecule has 3 rings (SSSR count). The average molecular weight is 327 g/mol. The summed E-state index contributed by atoms with van der Waals surface area (Å²) in [6, 6.07) is 14.7. The van der Waals surface area contributed by atoms with Crippen molar-refractivity contribution in [1.29, 1.82) is 0 Å². The molecule has 0 unspecified atom stereocenters. The SMILES string of the molecule is CCCCc1ccc(-n2c(-c3ccccc3F)n[nH]c2=S)cc1. The third-order valence-electron chi connectivity index (χ3n) is 3.80. The fourth-order valence-electron chi connectivity index (χ4n) is 2.55. The van der Waals surface area contributed by atoms with Gasteiger partial charge < -0.3 is 0 Å². The van der Waals surface area contributed by atoms with Gasteiger partial charge in [0.15, 0.2) is 10.6 Å². The minimum absolute atomic E-state index is 0.317. The molecule has 0 fully saturated rings. The molecule has 3 aromatic rings. The predicted molar refractivity (Wildman–Crippen MR) is 92.8 cm³/mol. The van der Waals surface area contributed by atoms with Crippen molar-refractivity contribution in [2.75, 3.05) is 0 Å². The number of aromatic amines is 1. The van der Waals surface area contributed by atoms with Gasteiger partial charge in [0.1, 0.15) is 5.82 Å². The van der Waals surface area contributed by atoms with Crippen LogP contribution in [0.4, 0.5) is 4.39 Å². The van der Waals surface area contributed by atoms with Crippen molar-refractivity contribution in [3.63, 3.8) is 0 Å². The smallest absolute Gasteiger partial charge is 0.200 e. The van der Waals surface area contributed by atoms with E-state index in [0.29, 0.717) is 16.2 Å². The second-order valence-electron chi connectivity index (χ2n) is 5.44. The van der Waals surface area contributed by atoms with Gasteiger partial charge in [-0.1, -0.05) is 37.6 Å². The van der Waals surface area contributed by atoms with E-state index in [4.69, 9.17) is 12.2 Å². The Balaban J connectivity index is 2.02. The van der Waals surface area contributed by atoms with Crippen molar-refractivity contribution in [2.45, 2.75) is 26.2 Å². The Morgan fingerprint density at radius 2 is 1.87 bits per heavy atom. The molecule has 0 amide bonds. The average Bonchev–Trinajstić information content (AvgIpc) is 2.95. The molecule has 0 radical (unpaired) electrons. The number of rotatable bonds is 5. The molecule has 1 aromatic heterocycles. The molecule has 1 heterocycles. The zero-order chi connectivity index (χ0) is 16.2. The van der Waals surface area contributed by atoms with Crippen molar-refractivity contribution >= 4 is 12.2 Å². The summed E-state index contributed by atoms with van der Waals surface area (Å²) in [5.41, 5.74) is 2.59. The summed E-state index contributed by atoms with van der Waals surface area (Å²) < 4.78 is 16.3. The summed E-state index contributed by atoms with van der Waals surface area (Å²) in [4.78, 5) is 0. The van der Waals surface area contributed by atoms with Crippen LogP contribution in [0.2, 0.25) is 0 Å². The lowest BCUT2D eigenvalue weighted by Crippen LogP contribution is -1.99. The number of nitrogens with one attached hydrogen (secondary N) is 1. The van der Waals surface area contributed by atoms with E-state index < -0.39 is 0 Å². The molecule has 23 heavy (non-hydrogen) atoms. The summed E-state index contributed by atoms with van der Waals surface area (Å²) in [6.45, 7) is 2.18. The van der Waals surface area contributed by atoms with Gasteiger partial charge in [0, 0.05) is 5.69 Å². The highest BCUT2D eigenvalue weighted by Gasteiger charge is 2.14. The standard InChI is InChI=1S/C18H18FN3S/c1-2-3-6-13-9-11-14(12-10-13)22-17(20-21-18(22)23)15-7-4-5-8-16(15)19/h4-5,7-12H,2-3,6H2,1H3,(H,21,23). The first-order valence-electron chi connectivity index (χ1n) is 7.72. The second-order valence-corrected chi connectivity index (χ2v) is 5.82. The van der Waals surface area contributed by atoms with Crippen LogP contribution < -0.4 is 0 Å². The van der Waals surface area contributed by atoms with Crippen LogP contribution in [0.3, 0.4) is 0 Å². The van der Waals surface area contributed by atoms with E-state index >= 15 is 0 Å². The Morgan fingerprint density at radius 3 is 2.57 bits per heavy atom. The molecule has 0 atom stereocenters. The summed E-state index contributed by atoms with van der Waals surface area (Å²) in [5.74, 6) is 0.164. The van der Waals surface area contributed by atoms with E-state index in [2.05, 4.69) is 29.3 Å². The summed E-state index contributed by atoms with van der Waals surface area (Å²) in [6.07, 6.45) is 3.41. The van der Waals surface area contributed by atoms with E-state index in [1.807, 2.05) is 12.1 Å². The summed E-state index contributed by atoms with van der Waals surface area (Å²) in [5, 5.41) is 6.96. The van der Waals surface area contributed by atoms with Gasteiger partial charge in [-0.05, 0) is 54.9 Å². The van der Waals surface area contributed by atoms with Gasteiger partial charge in [0.05, 0.1) is 5.56 Å². The van der Waals surface area contributed by atoms with E-state index in [-0.39, 0.29) is 5.82 Å². The lowest BCUT2D eigenvalue weighted by molar-refractivity contribution is 0.629. The first-order chi connectivity index (χ1) is 11.2. The molecule has 0 spiro atoms. The molecule has 0 saturated carbocycles. The van der Waals surface area contributed by atoms with Gasteiger partial charge in [-0.25, -0.2) is 4.39 Å². The fourth-order valence-corrected chi connectivity index (χ4v) is 2.79. The summed E-state index contributed by atoms with van der Waals surface area (Å²) >= 11 is 5.32. The van der Waals surface area contributed by atoms with Gasteiger partial charge in [0.25, 0.3) is 0 Å². The number of hydrogen-bond donors (Lipinski definition) is 1. The quantitative estimate of drug-likeness (QED) is 0.663. The lowest BCUT2D eigenvalue weighted by Gasteiger charge is -2.09. The van der Waals surface area contributed by atoms with Gasteiger partial charge in [0.2, 0.25) is 0 Å². The van der Waals surface area contributed by atoms with Crippen molar-refractivity contribution in [2.24, 2.45) is 0 Å². The highest BCUT2D eigenvalue weighted by Crippen LogP contribution is 2.24. The predicted octanol–water partition coefficient (Wildman–Crippen LogP) is 5.08. The summed E-state index contributed by atoms with van der Waals surface area (Å²) in [7, 11) is 0. The molecule has 2 aromatic carbocycles. The monoisotopic (exact) mass is 327 g/mol. The van der Waals surface area contributed by atoms with E-state index in [0.717, 1.165) is 12.1 Å². The number of aryl methyl sites for hydroxylation is 1. The van der Waals surface area contributed by atoms with E-state index in [1.54, 1.807) is 22.8 Å². The molecule has 1 N–H and O–H groups in total. The van der Waals surface area contributed by atoms with Crippen LogP contribution >= 0.6 is 12.2 Å². The number of nitrogens with zero attached hydrogens (tertiary/aromatic N) is 2. The van der Waals surface area contributed by atoms with Crippen LogP contribution in [0.25, 0.3) is 17.1 Å². The maximum Gasteiger partial charge on any atom is 0.200 e. The van der Waals surface area contributed by atoms with Crippen LogP contribution in [0, 0.1) is 10.6 Å². The molecule has 0 bridgehead atoms. The van der Waals surface area contributed by atoms with Crippen LogP contribution in [-0.4, -0.2) is 14.8 Å². The molecule has 5 heteroatoms. The molecule has 0 saturated heterocycles. The lowest BCUT2D eigenvalue weighted by atomic mass is 10.1. The number of aromatic nitrogens is 3. The zero-order valence-corrected chi connectivity index (χ0v) is 13.7. The van der Waals surface area contributed by atoms with Crippen LogP contribution in [-0.2, 0) is 6.42 Å². The molecular weight excluding hydrogens is 309 g/mol. The van der Waals surface area contributed by atoms with E-state index in [9.17, 15) is 4.39 Å². The molecule has 3 nitrogen and oxygen atoms in total. The highest BCUT2D eigenvalue weighted by atomic mass is 32.1.